The van der Waals surface area contributed by atoms with Crippen molar-refractivity contribution in [2.45, 2.75) is 31.8 Å². The highest BCUT2D eigenvalue weighted by Gasteiger charge is 2.25. The van der Waals surface area contributed by atoms with E-state index in [0.717, 1.165) is 35.7 Å². The van der Waals surface area contributed by atoms with Crippen LogP contribution in [0.3, 0.4) is 0 Å². The molecule has 0 unspecified atom stereocenters. The molecule has 0 radical (unpaired) electrons. The second kappa shape index (κ2) is 4.42. The Kier molecular flexibility index (Phi) is 2.76. The lowest BCUT2D eigenvalue weighted by Gasteiger charge is -2.33. The lowest BCUT2D eigenvalue weighted by atomic mass is 9.87. The van der Waals surface area contributed by atoms with E-state index in [4.69, 9.17) is 5.73 Å². The summed E-state index contributed by atoms with van der Waals surface area (Å²) in [6.45, 7) is 1.90. The normalized spacial score (nSPS) is 22.6. The minimum absolute atomic E-state index is 0.362. The van der Waals surface area contributed by atoms with Crippen LogP contribution in [0, 0.1) is 6.92 Å². The summed E-state index contributed by atoms with van der Waals surface area (Å²) in [5.41, 5.74) is 7.91. The smallest absolute Gasteiger partial charge is 0.181 e. The number of nitrogens with two attached hydrogens (primary N) is 1. The van der Waals surface area contributed by atoms with E-state index in [1.54, 1.807) is 0 Å². The molecule has 1 aliphatic carbocycles. The lowest BCUT2D eigenvalue weighted by molar-refractivity contribution is 0.374. The zero-order valence-electron chi connectivity index (χ0n) is 10.4. The maximum absolute atomic E-state index is 5.78. The fraction of sp³-hybridized carbons (Fsp3) is 0.385. The van der Waals surface area contributed by atoms with Gasteiger partial charge in [-0.15, -0.1) is 0 Å². The van der Waals surface area contributed by atoms with Crippen molar-refractivity contribution in [1.29, 1.82) is 0 Å². The number of aromatic nitrogens is 3. The third kappa shape index (κ3) is 2.22. The van der Waals surface area contributed by atoms with Crippen LogP contribution in [-0.4, -0.2) is 27.3 Å². The minimum atomic E-state index is 0.362. The first-order chi connectivity index (χ1) is 8.70. The lowest BCUT2D eigenvalue weighted by Crippen LogP contribution is -2.44. The molecule has 0 atom stereocenters. The number of nitrogens with one attached hydrogen (secondary N) is 2. The Morgan fingerprint density at radius 2 is 2.22 bits per heavy atom. The summed E-state index contributed by atoms with van der Waals surface area (Å²) >= 11 is 0. The van der Waals surface area contributed by atoms with E-state index < -0.39 is 0 Å². The van der Waals surface area contributed by atoms with Gasteiger partial charge in [0, 0.05) is 23.3 Å². The number of nitrogens with zero attached hydrogens (tertiary/aromatic N) is 2. The van der Waals surface area contributed by atoms with Crippen molar-refractivity contribution in [3.63, 3.8) is 0 Å². The van der Waals surface area contributed by atoms with E-state index in [2.05, 4.69) is 32.6 Å². The first kappa shape index (κ1) is 11.2. The first-order valence-corrected chi connectivity index (χ1v) is 6.22. The van der Waals surface area contributed by atoms with E-state index >= 15 is 0 Å². The Morgan fingerprint density at radius 3 is 2.89 bits per heavy atom. The van der Waals surface area contributed by atoms with Crippen LogP contribution in [0.25, 0.3) is 11.4 Å². The molecule has 1 saturated carbocycles. The van der Waals surface area contributed by atoms with Gasteiger partial charge in [0.15, 0.2) is 5.82 Å². The Morgan fingerprint density at radius 1 is 1.39 bits per heavy atom. The zero-order valence-corrected chi connectivity index (χ0v) is 10.4. The molecule has 18 heavy (non-hydrogen) atoms. The summed E-state index contributed by atoms with van der Waals surface area (Å²) in [5.74, 6) is 1.56. The molecule has 1 aliphatic rings. The number of aromatic amines is 1. The maximum atomic E-state index is 5.78. The van der Waals surface area contributed by atoms with Crippen LogP contribution in [0.1, 0.15) is 18.7 Å². The Balaban J connectivity index is 1.76. The molecule has 1 aromatic carbocycles. The van der Waals surface area contributed by atoms with E-state index in [1.165, 1.54) is 0 Å². The summed E-state index contributed by atoms with van der Waals surface area (Å²) < 4.78 is 0. The molecule has 94 valence electrons. The molecule has 1 heterocycles. The number of rotatable bonds is 3. The van der Waals surface area contributed by atoms with Crippen molar-refractivity contribution in [3.8, 4) is 11.4 Å². The van der Waals surface area contributed by atoms with Crippen molar-refractivity contribution in [3.05, 3.63) is 30.1 Å². The number of benzene rings is 1. The van der Waals surface area contributed by atoms with Gasteiger partial charge in [-0.3, -0.25) is 5.10 Å². The van der Waals surface area contributed by atoms with E-state index in [9.17, 15) is 0 Å². The quantitative estimate of drug-likeness (QED) is 0.766. The Bertz CT molecular complexity index is 542. The molecule has 5 heteroatoms. The number of aryl methyl sites for hydroxylation is 1. The third-order valence-corrected chi connectivity index (χ3v) is 3.26. The highest BCUT2D eigenvalue weighted by atomic mass is 15.2. The SMILES string of the molecule is Cc1nc(-c2cccc(NC3CC(N)C3)c2)n[nH]1. The van der Waals surface area contributed by atoms with Crippen LogP contribution in [-0.2, 0) is 0 Å². The number of hydrogen-bond acceptors (Lipinski definition) is 4. The zero-order chi connectivity index (χ0) is 12.5. The summed E-state index contributed by atoms with van der Waals surface area (Å²) in [7, 11) is 0. The van der Waals surface area contributed by atoms with Crippen molar-refractivity contribution in [2.24, 2.45) is 5.73 Å². The number of hydrogen-bond donors (Lipinski definition) is 3. The monoisotopic (exact) mass is 243 g/mol. The second-order valence-electron chi connectivity index (χ2n) is 4.90. The van der Waals surface area contributed by atoms with Gasteiger partial charge < -0.3 is 11.1 Å². The molecule has 3 rings (SSSR count). The molecule has 0 saturated heterocycles. The largest absolute Gasteiger partial charge is 0.382 e. The molecule has 5 nitrogen and oxygen atoms in total. The highest BCUT2D eigenvalue weighted by Crippen LogP contribution is 2.25. The van der Waals surface area contributed by atoms with E-state index in [-0.39, 0.29) is 0 Å². The van der Waals surface area contributed by atoms with Gasteiger partial charge in [-0.25, -0.2) is 4.98 Å². The van der Waals surface area contributed by atoms with Gasteiger partial charge in [-0.2, -0.15) is 5.10 Å². The van der Waals surface area contributed by atoms with Gasteiger partial charge in [0.1, 0.15) is 5.82 Å². The van der Waals surface area contributed by atoms with E-state index in [0.29, 0.717) is 12.1 Å². The summed E-state index contributed by atoms with van der Waals surface area (Å²) in [5, 5.41) is 10.5. The predicted molar refractivity (Wildman–Crippen MR) is 71.2 cm³/mol. The first-order valence-electron chi connectivity index (χ1n) is 6.22. The average molecular weight is 243 g/mol. The molecule has 0 amide bonds. The fourth-order valence-electron chi connectivity index (χ4n) is 2.24. The Hall–Kier alpha value is -1.88. The van der Waals surface area contributed by atoms with Crippen LogP contribution < -0.4 is 11.1 Å². The standard InChI is InChI=1S/C13H17N5/c1-8-15-13(18-17-8)9-3-2-4-11(5-9)16-12-6-10(14)7-12/h2-5,10,12,16H,6-7,14H2,1H3,(H,15,17,18). The average Bonchev–Trinajstić information content (AvgIpc) is 2.74. The van der Waals surface area contributed by atoms with Crippen LogP contribution in [0.5, 0.6) is 0 Å². The van der Waals surface area contributed by atoms with Crippen LogP contribution in [0.15, 0.2) is 24.3 Å². The Labute approximate surface area is 106 Å². The minimum Gasteiger partial charge on any atom is -0.382 e. The van der Waals surface area contributed by atoms with Gasteiger partial charge >= 0.3 is 0 Å². The fourth-order valence-corrected chi connectivity index (χ4v) is 2.24. The van der Waals surface area contributed by atoms with Crippen LogP contribution in [0.2, 0.25) is 0 Å². The summed E-state index contributed by atoms with van der Waals surface area (Å²) in [6.07, 6.45) is 2.09. The molecular formula is C13H17N5. The van der Waals surface area contributed by atoms with Crippen molar-refractivity contribution < 1.29 is 0 Å². The summed E-state index contributed by atoms with van der Waals surface area (Å²) in [4.78, 5) is 4.33. The van der Waals surface area contributed by atoms with Gasteiger partial charge in [-0.05, 0) is 31.9 Å². The van der Waals surface area contributed by atoms with Gasteiger partial charge in [0.2, 0.25) is 0 Å². The highest BCUT2D eigenvalue weighted by molar-refractivity contribution is 5.62. The van der Waals surface area contributed by atoms with Crippen molar-refractivity contribution >= 4 is 5.69 Å². The molecule has 4 N–H and O–H groups in total. The van der Waals surface area contributed by atoms with Crippen molar-refractivity contribution in [1.82, 2.24) is 15.2 Å². The van der Waals surface area contributed by atoms with Gasteiger partial charge in [-0.1, -0.05) is 12.1 Å². The van der Waals surface area contributed by atoms with Gasteiger partial charge in [0.25, 0.3) is 0 Å². The number of anilines is 1. The van der Waals surface area contributed by atoms with Crippen LogP contribution >= 0.6 is 0 Å². The molecule has 2 aromatic rings. The molecule has 1 fully saturated rings. The molecule has 0 spiro atoms. The molecular weight excluding hydrogens is 226 g/mol. The van der Waals surface area contributed by atoms with Crippen LogP contribution in [0.4, 0.5) is 5.69 Å². The third-order valence-electron chi connectivity index (χ3n) is 3.26. The summed E-state index contributed by atoms with van der Waals surface area (Å²) in [6, 6.07) is 9.03. The van der Waals surface area contributed by atoms with Crippen molar-refractivity contribution in [2.75, 3.05) is 5.32 Å². The topological polar surface area (TPSA) is 79.6 Å². The molecule has 0 bridgehead atoms. The predicted octanol–water partition coefficient (Wildman–Crippen LogP) is 1.68. The number of H-pyrrole nitrogens is 1. The molecule has 0 aliphatic heterocycles. The van der Waals surface area contributed by atoms with E-state index in [1.807, 2.05) is 19.1 Å². The van der Waals surface area contributed by atoms with Gasteiger partial charge in [0.05, 0.1) is 0 Å². The maximum Gasteiger partial charge on any atom is 0.181 e. The second-order valence-corrected chi connectivity index (χ2v) is 4.90. The molecule has 1 aromatic heterocycles.